The molecule has 3 aromatic rings. The van der Waals surface area contributed by atoms with Gasteiger partial charge in [0.15, 0.2) is 0 Å². The molecule has 0 amide bonds. The van der Waals surface area contributed by atoms with E-state index < -0.39 is 0 Å². The maximum Gasteiger partial charge on any atom is 0.128 e. The number of rotatable bonds is 3. The number of fused-ring (bicyclic) bond motifs is 2. The zero-order chi connectivity index (χ0) is 17.5. The molecule has 5 heteroatoms. The third-order valence-corrected chi connectivity index (χ3v) is 5.76. The standard InChI is InChI=1S/C21H22N4O/c1-26-16-5-6-18-17(12-16)19(7-10-22-18)25-11-8-15-13-24(14-20(15)25)21-4-2-3-9-23-21/h2-7,9-10,12,15,20H,8,11,13-14H2,1H3. The highest BCUT2D eigenvalue weighted by Gasteiger charge is 2.42. The van der Waals surface area contributed by atoms with Crippen molar-refractivity contribution in [2.45, 2.75) is 12.5 Å². The van der Waals surface area contributed by atoms with E-state index in [2.05, 4.69) is 44.0 Å². The lowest BCUT2D eigenvalue weighted by atomic mass is 10.0. The maximum absolute atomic E-state index is 5.44. The molecule has 2 aliphatic heterocycles. The molecule has 0 spiro atoms. The Kier molecular flexibility index (Phi) is 3.66. The molecule has 5 nitrogen and oxygen atoms in total. The minimum Gasteiger partial charge on any atom is -0.497 e. The minimum absolute atomic E-state index is 0.522. The van der Waals surface area contributed by atoms with E-state index in [9.17, 15) is 0 Å². The summed E-state index contributed by atoms with van der Waals surface area (Å²) in [4.78, 5) is 14.1. The van der Waals surface area contributed by atoms with Crippen molar-refractivity contribution in [1.29, 1.82) is 0 Å². The number of nitrogens with zero attached hydrogens (tertiary/aromatic N) is 4. The number of pyridine rings is 2. The molecule has 1 aromatic carbocycles. The van der Waals surface area contributed by atoms with Gasteiger partial charge < -0.3 is 14.5 Å². The van der Waals surface area contributed by atoms with Gasteiger partial charge >= 0.3 is 0 Å². The van der Waals surface area contributed by atoms with Gasteiger partial charge in [-0.3, -0.25) is 4.98 Å². The molecular weight excluding hydrogens is 324 g/mol. The Morgan fingerprint density at radius 2 is 2.00 bits per heavy atom. The van der Waals surface area contributed by atoms with Crippen LogP contribution in [0.2, 0.25) is 0 Å². The number of hydrogen-bond acceptors (Lipinski definition) is 5. The van der Waals surface area contributed by atoms with Gasteiger partial charge in [-0.2, -0.15) is 0 Å². The molecule has 26 heavy (non-hydrogen) atoms. The van der Waals surface area contributed by atoms with Gasteiger partial charge in [-0.05, 0) is 42.8 Å². The van der Waals surface area contributed by atoms with Gasteiger partial charge in [0.25, 0.3) is 0 Å². The number of hydrogen-bond donors (Lipinski definition) is 0. The van der Waals surface area contributed by atoms with Crippen molar-refractivity contribution in [3.8, 4) is 5.75 Å². The summed E-state index contributed by atoms with van der Waals surface area (Å²) < 4.78 is 5.44. The molecule has 0 aliphatic carbocycles. The molecule has 4 heterocycles. The van der Waals surface area contributed by atoms with Crippen molar-refractivity contribution in [2.75, 3.05) is 36.5 Å². The zero-order valence-corrected chi connectivity index (χ0v) is 14.9. The summed E-state index contributed by atoms with van der Waals surface area (Å²) in [5, 5.41) is 1.17. The van der Waals surface area contributed by atoms with E-state index in [0.29, 0.717) is 12.0 Å². The van der Waals surface area contributed by atoms with Crippen LogP contribution in [0.15, 0.2) is 54.9 Å². The van der Waals surface area contributed by atoms with Crippen LogP contribution in [0.25, 0.3) is 10.9 Å². The van der Waals surface area contributed by atoms with Crippen LogP contribution in [-0.4, -0.2) is 42.8 Å². The summed E-state index contributed by atoms with van der Waals surface area (Å²) in [6.07, 6.45) is 5.02. The van der Waals surface area contributed by atoms with Gasteiger partial charge in [0.2, 0.25) is 0 Å². The van der Waals surface area contributed by atoms with Crippen LogP contribution in [0.5, 0.6) is 5.75 Å². The van der Waals surface area contributed by atoms with Gasteiger partial charge in [-0.1, -0.05) is 6.07 Å². The second-order valence-electron chi connectivity index (χ2n) is 7.12. The molecule has 2 saturated heterocycles. The van der Waals surface area contributed by atoms with Gasteiger partial charge in [0, 0.05) is 49.0 Å². The first-order chi connectivity index (χ1) is 12.8. The van der Waals surface area contributed by atoms with Crippen molar-refractivity contribution < 1.29 is 4.74 Å². The SMILES string of the molecule is COc1ccc2nccc(N3CCC4CN(c5ccccn5)CC43)c2c1. The first-order valence-electron chi connectivity index (χ1n) is 9.19. The predicted octanol–water partition coefficient (Wildman–Crippen LogP) is 3.35. The summed E-state index contributed by atoms with van der Waals surface area (Å²) in [5.41, 5.74) is 2.29. The Balaban J connectivity index is 1.49. The van der Waals surface area contributed by atoms with E-state index in [1.807, 2.05) is 30.6 Å². The fourth-order valence-electron chi connectivity index (χ4n) is 4.48. The third kappa shape index (κ3) is 2.46. The van der Waals surface area contributed by atoms with Crippen LogP contribution < -0.4 is 14.5 Å². The van der Waals surface area contributed by atoms with Gasteiger partial charge in [0.05, 0.1) is 18.7 Å². The molecular formula is C21H22N4O. The van der Waals surface area contributed by atoms with Gasteiger partial charge in [0.1, 0.15) is 11.6 Å². The molecule has 2 fully saturated rings. The normalized spacial score (nSPS) is 22.0. The number of benzene rings is 1. The average molecular weight is 346 g/mol. The Bertz CT molecular complexity index is 930. The lowest BCUT2D eigenvalue weighted by Crippen LogP contribution is -2.35. The molecule has 132 valence electrons. The highest BCUT2D eigenvalue weighted by molar-refractivity contribution is 5.93. The number of methoxy groups -OCH3 is 1. The molecule has 0 bridgehead atoms. The van der Waals surface area contributed by atoms with Crippen molar-refractivity contribution in [2.24, 2.45) is 5.92 Å². The lowest BCUT2D eigenvalue weighted by Gasteiger charge is -2.28. The Morgan fingerprint density at radius 3 is 2.85 bits per heavy atom. The molecule has 2 aromatic heterocycles. The molecule has 2 atom stereocenters. The Labute approximate surface area is 153 Å². The van der Waals surface area contributed by atoms with Crippen LogP contribution in [0.4, 0.5) is 11.5 Å². The summed E-state index contributed by atoms with van der Waals surface area (Å²) in [5.74, 6) is 2.65. The van der Waals surface area contributed by atoms with E-state index in [1.165, 1.54) is 17.5 Å². The fraction of sp³-hybridized carbons (Fsp3) is 0.333. The topological polar surface area (TPSA) is 41.5 Å². The molecule has 0 radical (unpaired) electrons. The van der Waals surface area contributed by atoms with Crippen molar-refractivity contribution >= 4 is 22.4 Å². The first-order valence-corrected chi connectivity index (χ1v) is 9.19. The highest BCUT2D eigenvalue weighted by atomic mass is 16.5. The van der Waals surface area contributed by atoms with Crippen LogP contribution in [0.1, 0.15) is 6.42 Å². The van der Waals surface area contributed by atoms with Crippen molar-refractivity contribution in [1.82, 2.24) is 9.97 Å². The van der Waals surface area contributed by atoms with Gasteiger partial charge in [-0.25, -0.2) is 4.98 Å². The highest BCUT2D eigenvalue weighted by Crippen LogP contribution is 2.39. The summed E-state index contributed by atoms with van der Waals surface area (Å²) >= 11 is 0. The van der Waals surface area contributed by atoms with E-state index in [4.69, 9.17) is 4.74 Å². The Morgan fingerprint density at radius 1 is 1.04 bits per heavy atom. The van der Waals surface area contributed by atoms with Crippen molar-refractivity contribution in [3.63, 3.8) is 0 Å². The number of anilines is 2. The fourth-order valence-corrected chi connectivity index (χ4v) is 4.48. The summed E-state index contributed by atoms with van der Waals surface area (Å²) in [6, 6.07) is 14.9. The van der Waals surface area contributed by atoms with E-state index >= 15 is 0 Å². The second-order valence-corrected chi connectivity index (χ2v) is 7.12. The van der Waals surface area contributed by atoms with Crippen LogP contribution in [-0.2, 0) is 0 Å². The molecule has 0 N–H and O–H groups in total. The van der Waals surface area contributed by atoms with E-state index in [0.717, 1.165) is 36.7 Å². The van der Waals surface area contributed by atoms with Crippen LogP contribution >= 0.6 is 0 Å². The number of ether oxygens (including phenoxy) is 1. The summed E-state index contributed by atoms with van der Waals surface area (Å²) in [7, 11) is 1.71. The predicted molar refractivity (Wildman–Crippen MR) is 104 cm³/mol. The molecule has 2 unspecified atom stereocenters. The number of aromatic nitrogens is 2. The monoisotopic (exact) mass is 346 g/mol. The van der Waals surface area contributed by atoms with Crippen LogP contribution in [0, 0.1) is 5.92 Å². The molecule has 0 saturated carbocycles. The van der Waals surface area contributed by atoms with E-state index in [-0.39, 0.29) is 0 Å². The smallest absolute Gasteiger partial charge is 0.128 e. The maximum atomic E-state index is 5.44. The average Bonchev–Trinajstić information content (AvgIpc) is 3.29. The van der Waals surface area contributed by atoms with Gasteiger partial charge in [-0.15, -0.1) is 0 Å². The third-order valence-electron chi connectivity index (χ3n) is 5.76. The molecule has 2 aliphatic rings. The lowest BCUT2D eigenvalue weighted by molar-refractivity contribution is 0.415. The van der Waals surface area contributed by atoms with Crippen LogP contribution in [0.3, 0.4) is 0 Å². The first kappa shape index (κ1) is 15.4. The Hall–Kier alpha value is -2.82. The zero-order valence-electron chi connectivity index (χ0n) is 14.9. The largest absolute Gasteiger partial charge is 0.497 e. The van der Waals surface area contributed by atoms with Crippen molar-refractivity contribution in [3.05, 3.63) is 54.9 Å². The molecule has 5 rings (SSSR count). The minimum atomic E-state index is 0.522. The summed E-state index contributed by atoms with van der Waals surface area (Å²) in [6.45, 7) is 3.21. The van der Waals surface area contributed by atoms with E-state index in [1.54, 1.807) is 7.11 Å². The quantitative estimate of drug-likeness (QED) is 0.727. The second kappa shape index (κ2) is 6.16.